The van der Waals surface area contributed by atoms with Gasteiger partial charge < -0.3 is 19.9 Å². The minimum absolute atomic E-state index is 0. The van der Waals surface area contributed by atoms with Crippen molar-refractivity contribution in [2.24, 2.45) is 0 Å². The van der Waals surface area contributed by atoms with E-state index in [1.165, 1.54) is 4.90 Å². The quantitative estimate of drug-likeness (QED) is 0.824. The Morgan fingerprint density at radius 1 is 1.21 bits per heavy atom. The van der Waals surface area contributed by atoms with Crippen molar-refractivity contribution in [3.63, 3.8) is 0 Å². The smallest absolute Gasteiger partial charge is 0.271 e. The van der Waals surface area contributed by atoms with Crippen LogP contribution in [0.5, 0.6) is 5.75 Å². The van der Waals surface area contributed by atoms with Crippen LogP contribution >= 0.6 is 12.4 Å². The Morgan fingerprint density at radius 3 is 2.59 bits per heavy atom. The number of hydrogen-bond donors (Lipinski definition) is 1. The Kier molecular flexibility index (Phi) is 7.59. The van der Waals surface area contributed by atoms with Gasteiger partial charge in [0.25, 0.3) is 11.8 Å². The van der Waals surface area contributed by atoms with Gasteiger partial charge in [-0.2, -0.15) is 0 Å². The number of nitrogens with zero attached hydrogens (tertiary/aromatic N) is 3. The molecule has 3 rings (SSSR count). The Balaban J connectivity index is 0.00000300. The molecule has 29 heavy (non-hydrogen) atoms. The van der Waals surface area contributed by atoms with Crippen LogP contribution in [0.25, 0.3) is 0 Å². The molecule has 1 aliphatic rings. The lowest BCUT2D eigenvalue weighted by atomic mass is 10.0. The van der Waals surface area contributed by atoms with Gasteiger partial charge in [-0.3, -0.25) is 9.59 Å². The monoisotopic (exact) mass is 418 g/mol. The summed E-state index contributed by atoms with van der Waals surface area (Å²) in [4.78, 5) is 33.2. The molecule has 2 amide bonds. The molecule has 8 heteroatoms. The maximum Gasteiger partial charge on any atom is 0.271 e. The molecule has 2 aromatic rings. The lowest BCUT2D eigenvalue weighted by Gasteiger charge is -2.37. The number of amides is 2. The number of methoxy groups -OCH3 is 1. The molecule has 0 bridgehead atoms. The summed E-state index contributed by atoms with van der Waals surface area (Å²) in [7, 11) is 4.99. The summed E-state index contributed by atoms with van der Waals surface area (Å²) in [5.74, 6) is 0.484. The molecule has 1 aromatic heterocycles. The third kappa shape index (κ3) is 4.68. The fourth-order valence-electron chi connectivity index (χ4n) is 3.46. The number of halogens is 1. The second kappa shape index (κ2) is 9.71. The predicted molar refractivity (Wildman–Crippen MR) is 114 cm³/mol. The van der Waals surface area contributed by atoms with Crippen LogP contribution in [-0.4, -0.2) is 67.4 Å². The normalized spacial score (nSPS) is 16.0. The van der Waals surface area contributed by atoms with Crippen LogP contribution in [0.15, 0.2) is 36.4 Å². The van der Waals surface area contributed by atoms with Crippen LogP contribution in [0.1, 0.15) is 38.1 Å². The molecule has 1 aliphatic heterocycles. The molecule has 1 saturated heterocycles. The van der Waals surface area contributed by atoms with E-state index in [-0.39, 0.29) is 30.3 Å². The Hall–Kier alpha value is -2.64. The number of ether oxygens (including phenoxy) is 1. The SMILES string of the molecule is COc1ccccc1C1CNCCN1C(=O)c1ccc(C(=O)N(C)C)nc1C.Cl. The zero-order valence-corrected chi connectivity index (χ0v) is 18.0. The van der Waals surface area contributed by atoms with Crippen molar-refractivity contribution in [1.29, 1.82) is 0 Å². The molecule has 0 spiro atoms. The Bertz CT molecular complexity index is 888. The number of para-hydroxylation sites is 1. The van der Waals surface area contributed by atoms with E-state index in [9.17, 15) is 9.59 Å². The number of aromatic nitrogens is 1. The molecule has 1 N–H and O–H groups in total. The fourth-order valence-corrected chi connectivity index (χ4v) is 3.46. The first-order chi connectivity index (χ1) is 13.4. The van der Waals surface area contributed by atoms with Crippen LogP contribution in [0.4, 0.5) is 0 Å². The van der Waals surface area contributed by atoms with Gasteiger partial charge in [-0.15, -0.1) is 12.4 Å². The van der Waals surface area contributed by atoms with Gasteiger partial charge in [0.2, 0.25) is 0 Å². The van der Waals surface area contributed by atoms with Crippen molar-refractivity contribution in [1.82, 2.24) is 20.1 Å². The average Bonchev–Trinajstić information content (AvgIpc) is 2.72. The lowest BCUT2D eigenvalue weighted by molar-refractivity contribution is 0.0629. The van der Waals surface area contributed by atoms with E-state index >= 15 is 0 Å². The highest BCUT2D eigenvalue weighted by Crippen LogP contribution is 2.31. The summed E-state index contributed by atoms with van der Waals surface area (Å²) in [5.41, 5.74) is 2.36. The van der Waals surface area contributed by atoms with E-state index in [2.05, 4.69) is 10.3 Å². The molecule has 0 saturated carbocycles. The summed E-state index contributed by atoms with van der Waals surface area (Å²) < 4.78 is 5.50. The first-order valence-corrected chi connectivity index (χ1v) is 9.28. The molecule has 1 unspecified atom stereocenters. The molecule has 156 valence electrons. The van der Waals surface area contributed by atoms with Gasteiger partial charge in [0.05, 0.1) is 24.4 Å². The molecule has 1 atom stereocenters. The molecule has 1 aromatic carbocycles. The number of carbonyl (C=O) groups is 2. The number of rotatable bonds is 4. The van der Waals surface area contributed by atoms with E-state index in [0.717, 1.165) is 17.9 Å². The first-order valence-electron chi connectivity index (χ1n) is 9.28. The van der Waals surface area contributed by atoms with E-state index in [1.54, 1.807) is 40.3 Å². The topological polar surface area (TPSA) is 74.8 Å². The van der Waals surface area contributed by atoms with Crippen LogP contribution in [-0.2, 0) is 0 Å². The summed E-state index contributed by atoms with van der Waals surface area (Å²) in [5, 5.41) is 3.36. The van der Waals surface area contributed by atoms with Gasteiger partial charge in [-0.05, 0) is 25.1 Å². The molecule has 0 radical (unpaired) electrons. The summed E-state index contributed by atoms with van der Waals surface area (Å²) >= 11 is 0. The van der Waals surface area contributed by atoms with E-state index in [1.807, 2.05) is 29.2 Å². The number of benzene rings is 1. The molecular weight excluding hydrogens is 392 g/mol. The number of pyridine rings is 1. The number of piperazine rings is 1. The third-order valence-corrected chi connectivity index (χ3v) is 4.94. The maximum atomic E-state index is 13.3. The highest BCUT2D eigenvalue weighted by atomic mass is 35.5. The van der Waals surface area contributed by atoms with Gasteiger partial charge in [0.15, 0.2) is 0 Å². The summed E-state index contributed by atoms with van der Waals surface area (Å²) in [6, 6.07) is 10.9. The van der Waals surface area contributed by atoms with Gasteiger partial charge >= 0.3 is 0 Å². The van der Waals surface area contributed by atoms with Crippen molar-refractivity contribution in [3.8, 4) is 5.75 Å². The largest absolute Gasteiger partial charge is 0.496 e. The summed E-state index contributed by atoms with van der Waals surface area (Å²) in [6.45, 7) is 3.72. The highest BCUT2D eigenvalue weighted by molar-refractivity contribution is 5.97. The molecule has 7 nitrogen and oxygen atoms in total. The number of carbonyl (C=O) groups excluding carboxylic acids is 2. The summed E-state index contributed by atoms with van der Waals surface area (Å²) in [6.07, 6.45) is 0. The molecule has 0 aliphatic carbocycles. The average molecular weight is 419 g/mol. The molecular formula is C21H27ClN4O3. The van der Waals surface area contributed by atoms with E-state index in [0.29, 0.717) is 30.0 Å². The number of hydrogen-bond acceptors (Lipinski definition) is 5. The van der Waals surface area contributed by atoms with E-state index < -0.39 is 0 Å². The second-order valence-corrected chi connectivity index (χ2v) is 6.99. The standard InChI is InChI=1S/C21H26N4O3.ClH/c1-14-15(9-10-17(23-14)21(27)24(2)3)20(26)25-12-11-22-13-18(25)16-7-5-6-8-19(16)28-4;/h5-10,18,22H,11-13H2,1-4H3;1H. The van der Waals surface area contributed by atoms with Crippen molar-refractivity contribution >= 4 is 24.2 Å². The zero-order chi connectivity index (χ0) is 20.3. The first kappa shape index (κ1) is 22.6. The third-order valence-electron chi connectivity index (χ3n) is 4.94. The van der Waals surface area contributed by atoms with Gasteiger partial charge in [-0.25, -0.2) is 4.98 Å². The second-order valence-electron chi connectivity index (χ2n) is 6.99. The van der Waals surface area contributed by atoms with Crippen molar-refractivity contribution in [3.05, 3.63) is 58.9 Å². The van der Waals surface area contributed by atoms with Crippen molar-refractivity contribution < 1.29 is 14.3 Å². The van der Waals surface area contributed by atoms with Gasteiger partial charge in [-0.1, -0.05) is 18.2 Å². The molecule has 1 fully saturated rings. The van der Waals surface area contributed by atoms with Gasteiger partial charge in [0, 0.05) is 39.3 Å². The number of nitrogens with one attached hydrogen (secondary N) is 1. The number of aryl methyl sites for hydroxylation is 1. The Morgan fingerprint density at radius 2 is 1.93 bits per heavy atom. The van der Waals surface area contributed by atoms with Crippen LogP contribution < -0.4 is 10.1 Å². The van der Waals surface area contributed by atoms with E-state index in [4.69, 9.17) is 4.74 Å². The minimum Gasteiger partial charge on any atom is -0.496 e. The minimum atomic E-state index is -0.184. The fraction of sp³-hybridized carbons (Fsp3) is 0.381. The van der Waals surface area contributed by atoms with Crippen LogP contribution in [0, 0.1) is 6.92 Å². The van der Waals surface area contributed by atoms with Crippen molar-refractivity contribution in [2.75, 3.05) is 40.8 Å². The van der Waals surface area contributed by atoms with Crippen molar-refractivity contribution in [2.45, 2.75) is 13.0 Å². The predicted octanol–water partition coefficient (Wildman–Crippen LogP) is 2.31. The highest BCUT2D eigenvalue weighted by Gasteiger charge is 2.31. The maximum absolute atomic E-state index is 13.3. The van der Waals surface area contributed by atoms with Crippen LogP contribution in [0.2, 0.25) is 0 Å². The Labute approximate surface area is 177 Å². The van der Waals surface area contributed by atoms with Crippen LogP contribution in [0.3, 0.4) is 0 Å². The molecule has 2 heterocycles. The zero-order valence-electron chi connectivity index (χ0n) is 17.1. The lowest BCUT2D eigenvalue weighted by Crippen LogP contribution is -2.49. The van der Waals surface area contributed by atoms with Gasteiger partial charge in [0.1, 0.15) is 11.4 Å².